The SMILES string of the molecule is CCS(=O)(=O)N1CC(Nc2cc(-c3cc(C#N)c4cc3C4)cc3ccncc23)C1. The molecule has 1 N–H and O–H groups in total. The molecular formula is C22H20N4O2S. The largest absolute Gasteiger partial charge is 0.379 e. The average molecular weight is 404 g/mol. The van der Waals surface area contributed by atoms with Crippen LogP contribution in [0.25, 0.3) is 21.9 Å². The highest BCUT2D eigenvalue weighted by atomic mass is 32.2. The number of nitrogens with zero attached hydrogens (tertiary/aromatic N) is 3. The van der Waals surface area contributed by atoms with E-state index in [0.717, 1.165) is 45.1 Å². The number of rotatable bonds is 5. The van der Waals surface area contributed by atoms with Crippen molar-refractivity contribution in [1.29, 1.82) is 5.26 Å². The minimum atomic E-state index is -3.14. The predicted molar refractivity (Wildman–Crippen MR) is 113 cm³/mol. The van der Waals surface area contributed by atoms with Crippen LogP contribution < -0.4 is 5.32 Å². The predicted octanol–water partition coefficient (Wildman–Crippen LogP) is 3.12. The lowest BCUT2D eigenvalue weighted by molar-refractivity contribution is 0.281. The van der Waals surface area contributed by atoms with Crippen molar-refractivity contribution in [2.24, 2.45) is 0 Å². The maximum atomic E-state index is 12.0. The molecule has 7 heteroatoms. The van der Waals surface area contributed by atoms with Gasteiger partial charge in [-0.3, -0.25) is 4.98 Å². The summed E-state index contributed by atoms with van der Waals surface area (Å²) in [5.74, 6) is 0.127. The lowest BCUT2D eigenvalue weighted by Gasteiger charge is -2.39. The van der Waals surface area contributed by atoms with Gasteiger partial charge in [0.15, 0.2) is 0 Å². The lowest BCUT2D eigenvalue weighted by atomic mass is 9.81. The van der Waals surface area contributed by atoms with Crippen molar-refractivity contribution in [3.63, 3.8) is 0 Å². The first kappa shape index (κ1) is 18.1. The molecule has 6 rings (SSSR count). The summed E-state index contributed by atoms with van der Waals surface area (Å²) in [5.41, 5.74) is 6.18. The maximum absolute atomic E-state index is 12.0. The summed E-state index contributed by atoms with van der Waals surface area (Å²) in [4.78, 5) is 4.26. The molecule has 0 amide bonds. The Hall–Kier alpha value is -2.95. The molecular weight excluding hydrogens is 384 g/mol. The number of benzene rings is 2. The summed E-state index contributed by atoms with van der Waals surface area (Å²) < 4.78 is 25.5. The molecule has 0 unspecified atom stereocenters. The highest BCUT2D eigenvalue weighted by molar-refractivity contribution is 7.89. The van der Waals surface area contributed by atoms with Crippen LogP contribution in [-0.4, -0.2) is 42.6 Å². The molecule has 146 valence electrons. The molecule has 1 fully saturated rings. The number of sulfonamides is 1. The third-order valence-electron chi connectivity index (χ3n) is 5.86. The topological polar surface area (TPSA) is 86.1 Å². The van der Waals surface area contributed by atoms with E-state index in [1.165, 1.54) is 9.87 Å². The van der Waals surface area contributed by atoms with E-state index in [-0.39, 0.29) is 11.8 Å². The Balaban J connectivity index is 1.51. The summed E-state index contributed by atoms with van der Waals surface area (Å²) in [6, 6.07) is 12.6. The Morgan fingerprint density at radius 3 is 2.76 bits per heavy atom. The van der Waals surface area contributed by atoms with Crippen LogP contribution in [-0.2, 0) is 16.4 Å². The molecule has 3 aromatic rings. The summed E-state index contributed by atoms with van der Waals surface area (Å²) in [6.45, 7) is 2.61. The zero-order valence-corrected chi connectivity index (χ0v) is 16.8. The molecule has 1 aromatic heterocycles. The van der Waals surface area contributed by atoms with Gasteiger partial charge in [-0.05, 0) is 65.3 Å². The van der Waals surface area contributed by atoms with E-state index in [1.807, 2.05) is 18.3 Å². The molecule has 0 saturated carbocycles. The molecule has 0 spiro atoms. The second-order valence-corrected chi connectivity index (χ2v) is 9.89. The summed E-state index contributed by atoms with van der Waals surface area (Å²) in [6.07, 6.45) is 4.45. The van der Waals surface area contributed by atoms with Gasteiger partial charge in [-0.1, -0.05) is 6.07 Å². The summed E-state index contributed by atoms with van der Waals surface area (Å²) >= 11 is 0. The Kier molecular flexibility index (Phi) is 4.09. The number of nitriles is 1. The molecule has 1 saturated heterocycles. The molecule has 0 radical (unpaired) electrons. The average Bonchev–Trinajstić information content (AvgIpc) is 2.68. The van der Waals surface area contributed by atoms with Crippen molar-refractivity contribution in [3.8, 4) is 17.2 Å². The summed E-state index contributed by atoms with van der Waals surface area (Å²) in [7, 11) is -3.14. The van der Waals surface area contributed by atoms with Crippen LogP contribution >= 0.6 is 0 Å². The van der Waals surface area contributed by atoms with E-state index in [2.05, 4.69) is 34.6 Å². The zero-order chi connectivity index (χ0) is 20.2. The third-order valence-corrected chi connectivity index (χ3v) is 7.68. The van der Waals surface area contributed by atoms with Crippen LogP contribution in [0, 0.1) is 11.3 Å². The van der Waals surface area contributed by atoms with Crippen molar-refractivity contribution in [2.45, 2.75) is 19.4 Å². The van der Waals surface area contributed by atoms with Gasteiger partial charge in [0.1, 0.15) is 0 Å². The van der Waals surface area contributed by atoms with E-state index >= 15 is 0 Å². The molecule has 2 aliphatic carbocycles. The number of nitrogens with one attached hydrogen (secondary N) is 1. The fourth-order valence-corrected chi connectivity index (χ4v) is 5.25. The van der Waals surface area contributed by atoms with E-state index < -0.39 is 10.0 Å². The minimum absolute atomic E-state index is 0.0689. The van der Waals surface area contributed by atoms with Gasteiger partial charge in [-0.2, -0.15) is 9.57 Å². The van der Waals surface area contributed by atoms with Crippen LogP contribution in [0.1, 0.15) is 23.6 Å². The number of aromatic nitrogens is 1. The van der Waals surface area contributed by atoms with E-state index in [1.54, 1.807) is 13.1 Å². The van der Waals surface area contributed by atoms with Gasteiger partial charge >= 0.3 is 0 Å². The minimum Gasteiger partial charge on any atom is -0.379 e. The highest BCUT2D eigenvalue weighted by Gasteiger charge is 2.34. The van der Waals surface area contributed by atoms with Crippen LogP contribution in [0.15, 0.2) is 42.7 Å². The molecule has 1 aliphatic heterocycles. The Labute approximate surface area is 169 Å². The van der Waals surface area contributed by atoms with Gasteiger partial charge in [-0.15, -0.1) is 0 Å². The fraction of sp³-hybridized carbons (Fsp3) is 0.273. The normalized spacial score (nSPS) is 16.1. The fourth-order valence-electron chi connectivity index (χ4n) is 4.07. The first-order chi connectivity index (χ1) is 14.0. The molecule has 29 heavy (non-hydrogen) atoms. The van der Waals surface area contributed by atoms with E-state index in [4.69, 9.17) is 0 Å². The van der Waals surface area contributed by atoms with E-state index in [9.17, 15) is 13.7 Å². The van der Waals surface area contributed by atoms with Crippen LogP contribution in [0.3, 0.4) is 0 Å². The second-order valence-electron chi connectivity index (χ2n) is 7.63. The van der Waals surface area contributed by atoms with Gasteiger partial charge in [0, 0.05) is 36.6 Å². The van der Waals surface area contributed by atoms with Gasteiger partial charge in [0.2, 0.25) is 10.0 Å². The van der Waals surface area contributed by atoms with Crippen LogP contribution in [0.2, 0.25) is 0 Å². The quantitative estimate of drug-likeness (QED) is 0.552. The zero-order valence-electron chi connectivity index (χ0n) is 16.0. The summed E-state index contributed by atoms with van der Waals surface area (Å²) in [5, 5.41) is 15.0. The molecule has 2 bridgehead atoms. The Bertz CT molecular complexity index is 1290. The van der Waals surface area contributed by atoms with Crippen molar-refractivity contribution in [2.75, 3.05) is 24.2 Å². The number of hydrogen-bond donors (Lipinski definition) is 1. The van der Waals surface area contributed by atoms with Gasteiger partial charge < -0.3 is 5.32 Å². The van der Waals surface area contributed by atoms with Crippen LogP contribution in [0.5, 0.6) is 0 Å². The highest BCUT2D eigenvalue weighted by Crippen LogP contribution is 2.39. The Morgan fingerprint density at radius 1 is 1.24 bits per heavy atom. The van der Waals surface area contributed by atoms with Crippen molar-refractivity contribution >= 4 is 26.5 Å². The van der Waals surface area contributed by atoms with Gasteiger partial charge in [-0.25, -0.2) is 8.42 Å². The number of anilines is 1. The third kappa shape index (κ3) is 2.96. The molecule has 6 nitrogen and oxygen atoms in total. The second kappa shape index (κ2) is 6.55. The monoisotopic (exact) mass is 404 g/mol. The Morgan fingerprint density at radius 2 is 2.03 bits per heavy atom. The van der Waals surface area contributed by atoms with Gasteiger partial charge in [0.25, 0.3) is 0 Å². The number of fused-ring (bicyclic) bond motifs is 3. The molecule has 0 atom stereocenters. The maximum Gasteiger partial charge on any atom is 0.213 e. The number of hydrogen-bond acceptors (Lipinski definition) is 5. The number of pyridine rings is 1. The van der Waals surface area contributed by atoms with Crippen molar-refractivity contribution in [1.82, 2.24) is 9.29 Å². The lowest BCUT2D eigenvalue weighted by Crippen LogP contribution is -2.57. The van der Waals surface area contributed by atoms with Crippen LogP contribution in [0.4, 0.5) is 5.69 Å². The first-order valence-corrected chi connectivity index (χ1v) is 11.3. The van der Waals surface area contributed by atoms with Crippen molar-refractivity contribution in [3.05, 3.63) is 59.4 Å². The first-order valence-electron chi connectivity index (χ1n) is 9.67. The smallest absolute Gasteiger partial charge is 0.213 e. The van der Waals surface area contributed by atoms with Crippen molar-refractivity contribution < 1.29 is 8.42 Å². The van der Waals surface area contributed by atoms with Gasteiger partial charge in [0.05, 0.1) is 23.4 Å². The molecule has 3 aliphatic rings. The molecule has 2 heterocycles. The molecule has 2 aromatic carbocycles. The van der Waals surface area contributed by atoms with E-state index in [0.29, 0.717) is 13.1 Å². The standard InChI is InChI=1S/C22H20N4O2S/c1-2-29(27,28)26-12-19(13-26)25-22-9-17(5-14-3-4-24-11-21(14)22)20-8-18(10-23)15-6-16(20)7-15/h3-6,8-9,11,19,25H,2,7,12-13H2,1H3.